The summed E-state index contributed by atoms with van der Waals surface area (Å²) < 4.78 is 13.2. The smallest absolute Gasteiger partial charge is 0.123 e. The number of hydrogen-bond acceptors (Lipinski definition) is 1. The first-order valence-corrected chi connectivity index (χ1v) is 6.14. The third-order valence-corrected chi connectivity index (χ3v) is 4.00. The van der Waals surface area contributed by atoms with Crippen molar-refractivity contribution in [1.82, 2.24) is 4.90 Å². The van der Waals surface area contributed by atoms with E-state index in [1.807, 2.05) is 6.07 Å². The molecule has 1 aliphatic rings. The Morgan fingerprint density at radius 2 is 2.06 bits per heavy atom. The predicted molar refractivity (Wildman–Crippen MR) is 70.3 cm³/mol. The van der Waals surface area contributed by atoms with Crippen molar-refractivity contribution < 1.29 is 4.39 Å². The molecule has 1 nitrogen and oxygen atoms in total. The van der Waals surface area contributed by atoms with Crippen LogP contribution >= 0.6 is 0 Å². The van der Waals surface area contributed by atoms with Crippen molar-refractivity contribution in [3.63, 3.8) is 0 Å². The Morgan fingerprint density at radius 3 is 2.59 bits per heavy atom. The maximum atomic E-state index is 13.2. The molecule has 92 valence electrons. The van der Waals surface area contributed by atoms with Crippen molar-refractivity contribution >= 4 is 5.57 Å². The predicted octanol–water partition coefficient (Wildman–Crippen LogP) is 3.71. The molecule has 1 aliphatic carbocycles. The minimum atomic E-state index is -0.149. The van der Waals surface area contributed by atoms with Gasteiger partial charge in [-0.25, -0.2) is 4.39 Å². The van der Waals surface area contributed by atoms with Gasteiger partial charge in [-0.1, -0.05) is 18.2 Å². The lowest BCUT2D eigenvalue weighted by Crippen LogP contribution is -2.42. The van der Waals surface area contributed by atoms with Crippen LogP contribution in [0.3, 0.4) is 0 Å². The Hall–Kier alpha value is -1.15. The van der Waals surface area contributed by atoms with E-state index in [0.29, 0.717) is 0 Å². The minimum Gasteiger partial charge on any atom is -0.304 e. The number of benzene rings is 1. The van der Waals surface area contributed by atoms with Gasteiger partial charge in [0.05, 0.1) is 0 Å². The van der Waals surface area contributed by atoms with Crippen molar-refractivity contribution in [2.24, 2.45) is 0 Å². The molecule has 1 unspecified atom stereocenters. The first kappa shape index (κ1) is 12.3. The number of hydrogen-bond donors (Lipinski definition) is 0. The maximum Gasteiger partial charge on any atom is 0.123 e. The quantitative estimate of drug-likeness (QED) is 0.752. The van der Waals surface area contributed by atoms with E-state index in [-0.39, 0.29) is 11.4 Å². The van der Waals surface area contributed by atoms with Crippen LogP contribution in [-0.2, 0) is 0 Å². The van der Waals surface area contributed by atoms with Gasteiger partial charge in [-0.05, 0) is 63.6 Å². The van der Waals surface area contributed by atoms with Crippen molar-refractivity contribution in [2.45, 2.75) is 31.7 Å². The van der Waals surface area contributed by atoms with Crippen LogP contribution in [0, 0.1) is 5.82 Å². The summed E-state index contributed by atoms with van der Waals surface area (Å²) in [6.07, 6.45) is 5.45. The standard InChI is InChI=1S/C15H20FN/c1-15(17(2)3)9-7-12(8-10-15)13-5-4-6-14(16)11-13/h4-7,11H,8-10H2,1-3H3. The van der Waals surface area contributed by atoms with Crippen LogP contribution in [0.25, 0.3) is 5.57 Å². The largest absolute Gasteiger partial charge is 0.304 e. The van der Waals surface area contributed by atoms with Crippen LogP contribution in [0.15, 0.2) is 30.3 Å². The van der Waals surface area contributed by atoms with E-state index in [1.165, 1.54) is 11.6 Å². The molecule has 0 saturated carbocycles. The van der Waals surface area contributed by atoms with Crippen LogP contribution in [0.2, 0.25) is 0 Å². The van der Waals surface area contributed by atoms with Crippen molar-refractivity contribution in [2.75, 3.05) is 14.1 Å². The number of rotatable bonds is 2. The Morgan fingerprint density at radius 1 is 1.29 bits per heavy atom. The lowest BCUT2D eigenvalue weighted by atomic mass is 9.81. The highest BCUT2D eigenvalue weighted by Gasteiger charge is 2.29. The minimum absolute atomic E-state index is 0.149. The molecule has 1 aromatic rings. The highest BCUT2D eigenvalue weighted by Crippen LogP contribution is 2.35. The molecule has 0 fully saturated rings. The molecule has 2 heteroatoms. The lowest BCUT2D eigenvalue weighted by molar-refractivity contribution is 0.160. The van der Waals surface area contributed by atoms with Gasteiger partial charge in [0, 0.05) is 5.54 Å². The molecule has 0 heterocycles. The number of halogens is 1. The van der Waals surface area contributed by atoms with E-state index in [2.05, 4.69) is 32.0 Å². The van der Waals surface area contributed by atoms with Crippen LogP contribution in [-0.4, -0.2) is 24.5 Å². The molecule has 0 N–H and O–H groups in total. The molecule has 0 radical (unpaired) electrons. The van der Waals surface area contributed by atoms with E-state index in [4.69, 9.17) is 0 Å². The lowest BCUT2D eigenvalue weighted by Gasteiger charge is -2.39. The molecule has 0 spiro atoms. The molecule has 0 amide bonds. The SMILES string of the molecule is CN(C)C1(C)CC=C(c2cccc(F)c2)CC1. The molecule has 0 aliphatic heterocycles. The fourth-order valence-corrected chi connectivity index (χ4v) is 2.31. The average Bonchev–Trinajstić information content (AvgIpc) is 2.30. The van der Waals surface area contributed by atoms with Crippen LogP contribution in [0.1, 0.15) is 31.7 Å². The zero-order valence-corrected chi connectivity index (χ0v) is 10.8. The van der Waals surface area contributed by atoms with E-state index < -0.39 is 0 Å². The fourth-order valence-electron chi connectivity index (χ4n) is 2.31. The zero-order valence-electron chi connectivity index (χ0n) is 10.8. The Balaban J connectivity index is 2.19. The van der Waals surface area contributed by atoms with Gasteiger partial charge in [0.25, 0.3) is 0 Å². The molecule has 0 aromatic heterocycles. The highest BCUT2D eigenvalue weighted by molar-refractivity contribution is 5.66. The van der Waals surface area contributed by atoms with Crippen molar-refractivity contribution in [3.05, 3.63) is 41.7 Å². The van der Waals surface area contributed by atoms with Gasteiger partial charge in [0.15, 0.2) is 0 Å². The number of allylic oxidation sites excluding steroid dienone is 1. The van der Waals surface area contributed by atoms with Gasteiger partial charge >= 0.3 is 0 Å². The van der Waals surface area contributed by atoms with Gasteiger partial charge < -0.3 is 4.90 Å². The zero-order chi connectivity index (χ0) is 12.5. The summed E-state index contributed by atoms with van der Waals surface area (Å²) in [4.78, 5) is 2.28. The molecule has 1 atom stereocenters. The van der Waals surface area contributed by atoms with E-state index >= 15 is 0 Å². The van der Waals surface area contributed by atoms with Gasteiger partial charge in [-0.3, -0.25) is 0 Å². The van der Waals surface area contributed by atoms with Gasteiger partial charge in [0.1, 0.15) is 5.82 Å². The van der Waals surface area contributed by atoms with E-state index in [9.17, 15) is 4.39 Å². The van der Waals surface area contributed by atoms with Gasteiger partial charge in [0.2, 0.25) is 0 Å². The Labute approximate surface area is 103 Å². The van der Waals surface area contributed by atoms with Crippen molar-refractivity contribution in [3.8, 4) is 0 Å². The highest BCUT2D eigenvalue weighted by atomic mass is 19.1. The summed E-state index contributed by atoms with van der Waals surface area (Å²) in [5, 5.41) is 0. The first-order valence-electron chi connectivity index (χ1n) is 6.14. The summed E-state index contributed by atoms with van der Waals surface area (Å²) >= 11 is 0. The summed E-state index contributed by atoms with van der Waals surface area (Å²) in [6.45, 7) is 2.28. The molecule has 2 rings (SSSR count). The van der Waals surface area contributed by atoms with Crippen LogP contribution in [0.4, 0.5) is 4.39 Å². The van der Waals surface area contributed by atoms with E-state index in [0.717, 1.165) is 24.8 Å². The first-order chi connectivity index (χ1) is 8.01. The normalized spacial score (nSPS) is 24.9. The molecule has 17 heavy (non-hydrogen) atoms. The van der Waals surface area contributed by atoms with Crippen LogP contribution < -0.4 is 0 Å². The second-order valence-electron chi connectivity index (χ2n) is 5.34. The average molecular weight is 233 g/mol. The van der Waals surface area contributed by atoms with Gasteiger partial charge in [-0.2, -0.15) is 0 Å². The fraction of sp³-hybridized carbons (Fsp3) is 0.467. The second kappa shape index (κ2) is 4.61. The summed E-state index contributed by atoms with van der Waals surface area (Å²) in [7, 11) is 4.25. The summed E-state index contributed by atoms with van der Waals surface area (Å²) in [5.41, 5.74) is 2.56. The maximum absolute atomic E-state index is 13.2. The second-order valence-corrected chi connectivity index (χ2v) is 5.34. The third-order valence-electron chi connectivity index (χ3n) is 4.00. The summed E-state index contributed by atoms with van der Waals surface area (Å²) in [6, 6.07) is 6.90. The third kappa shape index (κ3) is 2.58. The number of nitrogens with zero attached hydrogens (tertiary/aromatic N) is 1. The molecule has 0 bridgehead atoms. The Bertz CT molecular complexity index is 436. The van der Waals surface area contributed by atoms with Crippen LogP contribution in [0.5, 0.6) is 0 Å². The monoisotopic (exact) mass is 233 g/mol. The van der Waals surface area contributed by atoms with E-state index in [1.54, 1.807) is 12.1 Å². The molecule has 0 saturated heterocycles. The van der Waals surface area contributed by atoms with Crippen molar-refractivity contribution in [1.29, 1.82) is 0 Å². The summed E-state index contributed by atoms with van der Waals surface area (Å²) in [5.74, 6) is -0.149. The van der Waals surface area contributed by atoms with Gasteiger partial charge in [-0.15, -0.1) is 0 Å². The molecule has 1 aromatic carbocycles. The molecular formula is C15H20FN. The topological polar surface area (TPSA) is 3.24 Å². The molecular weight excluding hydrogens is 213 g/mol. The Kier molecular flexibility index (Phi) is 3.34.